The van der Waals surface area contributed by atoms with Crippen molar-refractivity contribution in [2.45, 2.75) is 39.8 Å². The van der Waals surface area contributed by atoms with Gasteiger partial charge in [0, 0.05) is 12.1 Å². The predicted octanol–water partition coefficient (Wildman–Crippen LogP) is -0.911. The summed E-state index contributed by atoms with van der Waals surface area (Å²) < 4.78 is 5.07. The zero-order valence-electron chi connectivity index (χ0n) is 10.7. The summed E-state index contributed by atoms with van der Waals surface area (Å²) in [7, 11) is 1.65. The van der Waals surface area contributed by atoms with Gasteiger partial charge in [-0.1, -0.05) is 0 Å². The third-order valence-electron chi connectivity index (χ3n) is 1.22. The Hall–Kier alpha value is -1.79. The van der Waals surface area contributed by atoms with Crippen molar-refractivity contribution < 1.29 is 24.2 Å². The smallest absolute Gasteiger partial charge is 0.499 e. The molecule has 0 saturated heterocycles. The van der Waals surface area contributed by atoms with Gasteiger partial charge >= 0.3 is 12.0 Å². The number of carbonyl (C=O) groups is 2. The van der Waals surface area contributed by atoms with E-state index in [0.29, 0.717) is 12.1 Å². The van der Waals surface area contributed by atoms with Gasteiger partial charge in [0.05, 0.1) is 0 Å². The molecule has 0 bridgehead atoms. The number of rotatable bonds is 2. The molecule has 7 heteroatoms. The van der Waals surface area contributed by atoms with Crippen LogP contribution in [0.5, 0.6) is 0 Å². The maximum atomic E-state index is 9.04. The summed E-state index contributed by atoms with van der Waals surface area (Å²) in [6.45, 7) is 8.28. The number of nitrogens with one attached hydrogen (secondary N) is 2. The van der Waals surface area contributed by atoms with E-state index in [1.54, 1.807) is 7.11 Å². The van der Waals surface area contributed by atoms with Gasteiger partial charge in [-0.3, -0.25) is 10.6 Å². The van der Waals surface area contributed by atoms with E-state index in [4.69, 9.17) is 24.2 Å². The van der Waals surface area contributed by atoms with Crippen LogP contribution >= 0.6 is 0 Å². The second-order valence-corrected chi connectivity index (χ2v) is 3.72. The Morgan fingerprint density at radius 2 is 1.41 bits per heavy atom. The van der Waals surface area contributed by atoms with Gasteiger partial charge in [-0.15, -0.1) is 0 Å². The van der Waals surface area contributed by atoms with Crippen LogP contribution in [0.15, 0.2) is 0 Å². The molecule has 0 saturated carbocycles. The van der Waals surface area contributed by atoms with Crippen LogP contribution in [0.2, 0.25) is 0 Å². The van der Waals surface area contributed by atoms with Crippen molar-refractivity contribution >= 4 is 18.0 Å². The summed E-state index contributed by atoms with van der Waals surface area (Å²) in [4.78, 5) is 18.0. The van der Waals surface area contributed by atoms with Gasteiger partial charge in [-0.25, -0.2) is 9.22 Å². The number of carbonyl (C=O) groups excluding carboxylic acids is 2. The molecule has 0 aromatic carbocycles. The van der Waals surface area contributed by atoms with Crippen LogP contribution in [0, 0.1) is 0 Å². The summed E-state index contributed by atoms with van der Waals surface area (Å²) in [5.74, 6) is -4.01. The van der Waals surface area contributed by atoms with Crippen LogP contribution in [0.1, 0.15) is 27.7 Å². The van der Waals surface area contributed by atoms with Crippen LogP contribution in [0.4, 0.5) is 4.42 Å². The molecule has 0 fully saturated rings. The highest BCUT2D eigenvalue weighted by atomic mass is 16.4. The first-order valence-electron chi connectivity index (χ1n) is 5.09. The van der Waals surface area contributed by atoms with Crippen molar-refractivity contribution in [3.05, 3.63) is 0 Å². The minimum atomic E-state index is -2.07. The van der Waals surface area contributed by atoms with Gasteiger partial charge in [-0.05, 0) is 27.7 Å². The highest BCUT2D eigenvalue weighted by molar-refractivity contribution is 6.26. The van der Waals surface area contributed by atoms with Crippen LogP contribution < -0.4 is 15.7 Å². The van der Waals surface area contributed by atoms with E-state index in [1.807, 2.05) is 0 Å². The molecule has 0 atom stereocenters. The number of hydrogen-bond donors (Lipinski definition) is 3. The molecule has 0 aliphatic rings. The topological polar surface area (TPSA) is 113 Å². The van der Waals surface area contributed by atoms with Crippen molar-refractivity contribution in [3.8, 4) is 0 Å². The first kappa shape index (κ1) is 17.6. The van der Waals surface area contributed by atoms with E-state index < -0.39 is 11.9 Å². The lowest BCUT2D eigenvalue weighted by molar-refractivity contribution is -0.303. The highest BCUT2D eigenvalue weighted by Gasteiger charge is 2.11. The SMILES string of the molecule is C[O+]=C(NC(C)C)NC(C)C.O=C([O-])C(=O)O. The molecule has 0 aliphatic carbocycles. The number of carboxylic acid groups (broad SMARTS) is 2. The molecule has 0 unspecified atom stereocenters. The highest BCUT2D eigenvalue weighted by Crippen LogP contribution is 1.83. The lowest BCUT2D eigenvalue weighted by atomic mass is 10.4. The van der Waals surface area contributed by atoms with Gasteiger partial charge in [-0.2, -0.15) is 0 Å². The maximum absolute atomic E-state index is 9.04. The number of amides is 2. The van der Waals surface area contributed by atoms with Gasteiger partial charge in [0.2, 0.25) is 0 Å². The Bertz CT molecular complexity index is 250. The number of hydrogen-bond acceptors (Lipinski definition) is 3. The van der Waals surface area contributed by atoms with Crippen LogP contribution in [0.3, 0.4) is 0 Å². The minimum Gasteiger partial charge on any atom is -0.539 e. The molecule has 3 N–H and O–H groups in total. The minimum absolute atomic E-state index is 0.399. The number of aliphatic carboxylic acids is 2. The molecule has 0 aliphatic heterocycles. The third-order valence-corrected chi connectivity index (χ3v) is 1.22. The first-order valence-corrected chi connectivity index (χ1v) is 5.09. The molecule has 0 rings (SSSR count). The van der Waals surface area contributed by atoms with Gasteiger partial charge in [0.25, 0.3) is 7.11 Å². The van der Waals surface area contributed by atoms with Crippen LogP contribution in [0.25, 0.3) is 0 Å². The Morgan fingerprint density at radius 1 is 1.12 bits per heavy atom. The molecule has 0 spiro atoms. The summed E-state index contributed by atoms with van der Waals surface area (Å²) in [5, 5.41) is 22.6. The summed E-state index contributed by atoms with van der Waals surface area (Å²) in [6.07, 6.45) is 0. The molecule has 0 aromatic rings. The Balaban J connectivity index is 0. The van der Waals surface area contributed by atoms with Gasteiger partial charge in [0.1, 0.15) is 0 Å². The molecular weight excluding hydrogens is 228 g/mol. The summed E-state index contributed by atoms with van der Waals surface area (Å²) in [5.41, 5.74) is 0. The maximum Gasteiger partial charge on any atom is 0.499 e. The standard InChI is InChI=1S/C8H19N2O.C2H2O4/c1-6(2)9-8(11-5)10-7(3)4;3-1(4)2(5)6/h6-7,9-10H,1-5H3;(H,3,4)(H,5,6)/q+1;/p-1. The van der Waals surface area contributed by atoms with Crippen molar-refractivity contribution in [2.24, 2.45) is 0 Å². The average molecular weight is 248 g/mol. The fraction of sp³-hybridized carbons (Fsp3) is 0.700. The fourth-order valence-electron chi connectivity index (χ4n) is 0.684. The van der Waals surface area contributed by atoms with E-state index in [1.165, 1.54) is 0 Å². The van der Waals surface area contributed by atoms with E-state index in [-0.39, 0.29) is 0 Å². The molecule has 17 heavy (non-hydrogen) atoms. The normalized spacial score (nSPS) is 9.12. The molecule has 0 heterocycles. The third kappa shape index (κ3) is 14.2. The Labute approximate surface area is 101 Å². The molecule has 2 amide bonds. The second kappa shape index (κ2) is 9.44. The Morgan fingerprint density at radius 3 is 1.53 bits per heavy atom. The van der Waals surface area contributed by atoms with Crippen molar-refractivity contribution in [2.75, 3.05) is 7.11 Å². The lowest BCUT2D eigenvalue weighted by Crippen LogP contribution is -2.43. The van der Waals surface area contributed by atoms with Gasteiger partial charge < -0.3 is 15.0 Å². The van der Waals surface area contributed by atoms with E-state index in [2.05, 4.69) is 38.3 Å². The predicted molar refractivity (Wildman–Crippen MR) is 60.5 cm³/mol. The summed E-state index contributed by atoms with van der Waals surface area (Å²) in [6, 6.07) is 1.54. The quantitative estimate of drug-likeness (QED) is 0.433. The van der Waals surface area contributed by atoms with Crippen LogP contribution in [-0.4, -0.2) is 42.3 Å². The van der Waals surface area contributed by atoms with Crippen molar-refractivity contribution in [3.63, 3.8) is 0 Å². The van der Waals surface area contributed by atoms with E-state index in [9.17, 15) is 0 Å². The van der Waals surface area contributed by atoms with Crippen LogP contribution in [-0.2, 0) is 9.59 Å². The zero-order chi connectivity index (χ0) is 14.0. The van der Waals surface area contributed by atoms with Gasteiger partial charge in [0.15, 0.2) is 5.97 Å². The molecule has 100 valence electrons. The van der Waals surface area contributed by atoms with Crippen molar-refractivity contribution in [1.82, 2.24) is 10.6 Å². The number of urea groups is 1. The monoisotopic (exact) mass is 248 g/mol. The molecule has 0 aromatic heterocycles. The largest absolute Gasteiger partial charge is 0.539 e. The Kier molecular flexibility index (Phi) is 9.77. The molecule has 0 radical (unpaired) electrons. The zero-order valence-corrected chi connectivity index (χ0v) is 10.7. The first-order chi connectivity index (χ1) is 7.70. The summed E-state index contributed by atoms with van der Waals surface area (Å²) >= 11 is 0. The number of carboxylic acids is 2. The average Bonchev–Trinajstić information content (AvgIpc) is 2.15. The van der Waals surface area contributed by atoms with E-state index in [0.717, 1.165) is 6.03 Å². The molecule has 7 nitrogen and oxygen atoms in total. The lowest BCUT2D eigenvalue weighted by Gasteiger charge is -2.08. The van der Waals surface area contributed by atoms with Crippen molar-refractivity contribution in [1.29, 1.82) is 0 Å². The second-order valence-electron chi connectivity index (χ2n) is 3.72. The fourth-order valence-corrected chi connectivity index (χ4v) is 0.684. The molecular formula is C10H20N2O5. The van der Waals surface area contributed by atoms with E-state index >= 15 is 0 Å².